The van der Waals surface area contributed by atoms with Gasteiger partial charge in [0.15, 0.2) is 0 Å². The number of amides is 1. The maximum absolute atomic E-state index is 11.8. The van der Waals surface area contributed by atoms with Gasteiger partial charge in [0.2, 0.25) is 5.95 Å². The molecule has 1 amide bonds. The molecule has 2 heterocycles. The van der Waals surface area contributed by atoms with Crippen LogP contribution in [0.2, 0.25) is 0 Å². The Hall–Kier alpha value is -4.07. The van der Waals surface area contributed by atoms with Crippen LogP contribution < -0.4 is 20.3 Å². The number of anilines is 3. The number of rotatable bonds is 8. The number of carbonyl (C=O) groups excluding carboxylic acids is 1. The van der Waals surface area contributed by atoms with Gasteiger partial charge in [-0.3, -0.25) is 9.78 Å². The summed E-state index contributed by atoms with van der Waals surface area (Å²) in [6.45, 7) is 6.25. The van der Waals surface area contributed by atoms with Crippen LogP contribution in [0.25, 0.3) is 11.0 Å². The average molecular weight is 431 g/mol. The molecule has 0 saturated heterocycles. The van der Waals surface area contributed by atoms with Crippen molar-refractivity contribution in [2.75, 3.05) is 30.4 Å². The summed E-state index contributed by atoms with van der Waals surface area (Å²) < 4.78 is 5.91. The van der Waals surface area contributed by atoms with E-state index in [2.05, 4.69) is 56.5 Å². The Morgan fingerprint density at radius 2 is 1.78 bits per heavy atom. The van der Waals surface area contributed by atoms with Gasteiger partial charge in [-0.2, -0.15) is 0 Å². The number of ether oxygens (including phenoxy) is 1. The number of hydrogen-bond donors (Lipinski definition) is 3. The monoisotopic (exact) mass is 430 g/mol. The number of benzene rings is 2. The third kappa shape index (κ3) is 4.64. The summed E-state index contributed by atoms with van der Waals surface area (Å²) in [7, 11) is 1.56. The lowest BCUT2D eigenvalue weighted by Crippen LogP contribution is -2.21. The fourth-order valence-electron chi connectivity index (χ4n) is 3.46. The molecule has 4 aromatic rings. The quantitative estimate of drug-likeness (QED) is 0.375. The first-order valence-electron chi connectivity index (χ1n) is 10.6. The first-order valence-corrected chi connectivity index (χ1v) is 10.6. The van der Waals surface area contributed by atoms with E-state index < -0.39 is 0 Å². The van der Waals surface area contributed by atoms with Crippen molar-refractivity contribution in [2.24, 2.45) is 0 Å². The smallest absolute Gasteiger partial charge is 0.269 e. The Morgan fingerprint density at radius 3 is 2.50 bits per heavy atom. The van der Waals surface area contributed by atoms with Crippen molar-refractivity contribution in [3.05, 3.63) is 66.5 Å². The van der Waals surface area contributed by atoms with E-state index in [0.29, 0.717) is 23.1 Å². The molecule has 0 saturated carbocycles. The molecule has 0 unspecified atom stereocenters. The van der Waals surface area contributed by atoms with Gasteiger partial charge in [0.05, 0.1) is 11.0 Å². The summed E-state index contributed by atoms with van der Waals surface area (Å²) in [4.78, 5) is 26.0. The minimum atomic E-state index is -0.264. The molecule has 8 heteroatoms. The fraction of sp³-hybridized carbons (Fsp3) is 0.208. The molecule has 2 aromatic carbocycles. The van der Waals surface area contributed by atoms with Crippen molar-refractivity contribution < 1.29 is 9.53 Å². The Bertz CT molecular complexity index is 1210. The Balaban J connectivity index is 1.49. The number of fused-ring (bicyclic) bond motifs is 1. The highest BCUT2D eigenvalue weighted by atomic mass is 16.5. The van der Waals surface area contributed by atoms with Crippen LogP contribution in [0.3, 0.4) is 0 Å². The molecule has 32 heavy (non-hydrogen) atoms. The number of imidazole rings is 1. The Labute approximate surface area is 186 Å². The number of hydrogen-bond acceptors (Lipinski definition) is 6. The summed E-state index contributed by atoms with van der Waals surface area (Å²) in [6, 6.07) is 17.2. The second-order valence-electron chi connectivity index (χ2n) is 7.17. The van der Waals surface area contributed by atoms with Crippen LogP contribution in [0, 0.1) is 0 Å². The normalized spacial score (nSPS) is 10.7. The molecule has 8 nitrogen and oxygen atoms in total. The van der Waals surface area contributed by atoms with Gasteiger partial charge in [-0.15, -0.1) is 0 Å². The predicted molar refractivity (Wildman–Crippen MR) is 127 cm³/mol. The second kappa shape index (κ2) is 9.38. The van der Waals surface area contributed by atoms with Crippen LogP contribution in [0.1, 0.15) is 24.3 Å². The molecular formula is C24H26N6O2. The van der Waals surface area contributed by atoms with Crippen molar-refractivity contribution in [3.8, 4) is 11.5 Å². The Morgan fingerprint density at radius 1 is 1.03 bits per heavy atom. The van der Waals surface area contributed by atoms with Crippen LogP contribution >= 0.6 is 0 Å². The zero-order chi connectivity index (χ0) is 22.5. The van der Waals surface area contributed by atoms with Crippen LogP contribution in [-0.4, -0.2) is 41.0 Å². The fourth-order valence-corrected chi connectivity index (χ4v) is 3.46. The highest BCUT2D eigenvalue weighted by molar-refractivity contribution is 5.92. The van der Waals surface area contributed by atoms with Crippen molar-refractivity contribution in [2.45, 2.75) is 13.8 Å². The minimum Gasteiger partial charge on any atom is -0.457 e. The zero-order valence-electron chi connectivity index (χ0n) is 18.3. The van der Waals surface area contributed by atoms with Gasteiger partial charge in [-0.05, 0) is 56.3 Å². The van der Waals surface area contributed by atoms with Crippen LogP contribution in [0.4, 0.5) is 17.3 Å². The van der Waals surface area contributed by atoms with Crippen molar-refractivity contribution in [1.29, 1.82) is 0 Å². The lowest BCUT2D eigenvalue weighted by Gasteiger charge is -2.21. The third-order valence-corrected chi connectivity index (χ3v) is 5.14. The van der Waals surface area contributed by atoms with Crippen LogP contribution in [-0.2, 0) is 0 Å². The molecule has 0 atom stereocenters. The van der Waals surface area contributed by atoms with E-state index in [1.54, 1.807) is 25.4 Å². The molecule has 0 spiro atoms. The van der Waals surface area contributed by atoms with Gasteiger partial charge in [0.25, 0.3) is 5.91 Å². The van der Waals surface area contributed by atoms with Crippen LogP contribution in [0.5, 0.6) is 11.5 Å². The summed E-state index contributed by atoms with van der Waals surface area (Å²) >= 11 is 0. The summed E-state index contributed by atoms with van der Waals surface area (Å²) in [5.41, 5.74) is 4.11. The van der Waals surface area contributed by atoms with Crippen molar-refractivity contribution in [3.63, 3.8) is 0 Å². The van der Waals surface area contributed by atoms with Gasteiger partial charge in [-0.25, -0.2) is 4.98 Å². The molecule has 0 bridgehead atoms. The van der Waals surface area contributed by atoms with E-state index in [9.17, 15) is 4.79 Å². The standard InChI is InChI=1S/C24H26N6O2/c1-4-30(5-2)17-8-6-16(7-9-17)27-24-28-20-11-10-18(14-21(20)29-24)32-19-12-13-26-22(15-19)23(31)25-3/h6-15H,4-5H2,1-3H3,(H,25,31)(H2,27,28,29). The lowest BCUT2D eigenvalue weighted by atomic mass is 10.2. The van der Waals surface area contributed by atoms with Gasteiger partial charge in [0.1, 0.15) is 17.2 Å². The molecule has 2 aromatic heterocycles. The zero-order valence-corrected chi connectivity index (χ0v) is 18.3. The molecule has 0 aliphatic carbocycles. The number of nitrogens with zero attached hydrogens (tertiary/aromatic N) is 3. The van der Waals surface area contributed by atoms with E-state index in [1.165, 1.54) is 5.69 Å². The minimum absolute atomic E-state index is 0.264. The van der Waals surface area contributed by atoms with Gasteiger partial charge in [-0.1, -0.05) is 0 Å². The highest BCUT2D eigenvalue weighted by Gasteiger charge is 2.09. The maximum Gasteiger partial charge on any atom is 0.269 e. The second-order valence-corrected chi connectivity index (χ2v) is 7.17. The van der Waals surface area contributed by atoms with E-state index in [1.807, 2.05) is 30.3 Å². The topological polar surface area (TPSA) is 95.2 Å². The molecule has 4 rings (SSSR count). The SMILES string of the molecule is CCN(CC)c1ccc(Nc2nc3ccc(Oc4ccnc(C(=O)NC)c4)cc3[nH]2)cc1. The molecule has 0 radical (unpaired) electrons. The summed E-state index contributed by atoms with van der Waals surface area (Å²) in [6.07, 6.45) is 1.54. The van der Waals surface area contributed by atoms with Gasteiger partial charge >= 0.3 is 0 Å². The maximum atomic E-state index is 11.8. The molecule has 0 fully saturated rings. The number of nitrogens with one attached hydrogen (secondary N) is 3. The Kier molecular flexibility index (Phi) is 6.21. The van der Waals surface area contributed by atoms with E-state index in [0.717, 1.165) is 29.8 Å². The average Bonchev–Trinajstić information content (AvgIpc) is 3.22. The molecule has 0 aliphatic heterocycles. The number of aromatic amines is 1. The van der Waals surface area contributed by atoms with Crippen molar-refractivity contribution >= 4 is 34.3 Å². The van der Waals surface area contributed by atoms with Crippen LogP contribution in [0.15, 0.2) is 60.8 Å². The summed E-state index contributed by atoms with van der Waals surface area (Å²) in [5, 5.41) is 5.87. The molecular weight excluding hydrogens is 404 g/mol. The lowest BCUT2D eigenvalue weighted by molar-refractivity contribution is 0.0958. The predicted octanol–water partition coefficient (Wildman–Crippen LogP) is 4.70. The first kappa shape index (κ1) is 21.2. The van der Waals surface area contributed by atoms with Gasteiger partial charge < -0.3 is 25.3 Å². The van der Waals surface area contributed by atoms with E-state index >= 15 is 0 Å². The highest BCUT2D eigenvalue weighted by Crippen LogP contribution is 2.27. The number of H-pyrrole nitrogens is 1. The van der Waals surface area contributed by atoms with E-state index in [4.69, 9.17) is 4.74 Å². The first-order chi connectivity index (χ1) is 15.6. The molecule has 3 N–H and O–H groups in total. The van der Waals surface area contributed by atoms with Crippen molar-refractivity contribution in [1.82, 2.24) is 20.3 Å². The molecule has 164 valence electrons. The number of aromatic nitrogens is 3. The number of pyridine rings is 1. The summed E-state index contributed by atoms with van der Waals surface area (Å²) in [5.74, 6) is 1.55. The largest absolute Gasteiger partial charge is 0.457 e. The third-order valence-electron chi connectivity index (χ3n) is 5.14. The number of carbonyl (C=O) groups is 1. The van der Waals surface area contributed by atoms with E-state index in [-0.39, 0.29) is 5.91 Å². The van der Waals surface area contributed by atoms with Gasteiger partial charge in [0, 0.05) is 49.8 Å². The molecule has 0 aliphatic rings.